The Bertz CT molecular complexity index is 1060. The third kappa shape index (κ3) is 3.58. The summed E-state index contributed by atoms with van der Waals surface area (Å²) in [5.74, 6) is -0.770. The molecule has 2 aromatic rings. The van der Waals surface area contributed by atoms with Gasteiger partial charge in [0.2, 0.25) is 17.7 Å². The van der Waals surface area contributed by atoms with Crippen LogP contribution in [0.5, 0.6) is 0 Å². The second-order valence-electron chi connectivity index (χ2n) is 8.61. The van der Waals surface area contributed by atoms with Crippen LogP contribution in [0.4, 0.5) is 0 Å². The molecule has 32 heavy (non-hydrogen) atoms. The van der Waals surface area contributed by atoms with E-state index in [0.29, 0.717) is 25.1 Å². The second-order valence-corrected chi connectivity index (χ2v) is 9.64. The fraction of sp³-hybridized carbons (Fsp3) is 0.455. The normalized spacial score (nSPS) is 27.0. The van der Waals surface area contributed by atoms with Crippen LogP contribution in [0.2, 0.25) is 0 Å². The third-order valence-corrected chi connectivity index (χ3v) is 7.48. The van der Waals surface area contributed by atoms with Gasteiger partial charge in [-0.05, 0) is 36.4 Å². The molecule has 4 atom stereocenters. The first-order valence-electron chi connectivity index (χ1n) is 10.8. The van der Waals surface area contributed by atoms with E-state index in [1.165, 1.54) is 11.3 Å². The van der Waals surface area contributed by atoms with Gasteiger partial charge in [0.15, 0.2) is 0 Å². The Labute approximate surface area is 189 Å². The van der Waals surface area contributed by atoms with Gasteiger partial charge in [-0.2, -0.15) is 0 Å². The number of hydrogen-bond donors (Lipinski definition) is 2. The Hall–Kier alpha value is -3.14. The van der Waals surface area contributed by atoms with Gasteiger partial charge in [-0.25, -0.2) is 0 Å². The summed E-state index contributed by atoms with van der Waals surface area (Å²) in [5, 5.41) is 7.86. The summed E-state index contributed by atoms with van der Waals surface area (Å²) in [4.78, 5) is 56.1. The Balaban J connectivity index is 1.31. The van der Waals surface area contributed by atoms with Gasteiger partial charge in [-0.1, -0.05) is 6.07 Å². The molecule has 3 fully saturated rings. The van der Waals surface area contributed by atoms with Crippen LogP contribution in [-0.2, 0) is 27.9 Å². The molecule has 0 aromatic carbocycles. The van der Waals surface area contributed by atoms with Crippen molar-refractivity contribution >= 4 is 35.0 Å². The van der Waals surface area contributed by atoms with E-state index in [-0.39, 0.29) is 48.7 Å². The van der Waals surface area contributed by atoms with Crippen molar-refractivity contribution < 1.29 is 19.2 Å². The van der Waals surface area contributed by atoms with E-state index in [1.54, 1.807) is 39.7 Å². The number of rotatable bonds is 4. The van der Waals surface area contributed by atoms with E-state index in [1.807, 2.05) is 17.5 Å². The zero-order valence-corrected chi connectivity index (χ0v) is 18.5. The highest BCUT2D eigenvalue weighted by atomic mass is 32.1. The van der Waals surface area contributed by atoms with Crippen LogP contribution in [0.3, 0.4) is 0 Å². The molecule has 3 saturated heterocycles. The van der Waals surface area contributed by atoms with Crippen LogP contribution < -0.4 is 10.6 Å². The number of carbonyl (C=O) groups is 4. The molecule has 2 N–H and O–H groups in total. The SMILES string of the molecule is Cn1cccc1C(=O)NC1CC2C(=O)NC3CCN(C(=O)Cc4cccs4)C3C(=O)N2C1. The van der Waals surface area contributed by atoms with E-state index < -0.39 is 12.1 Å². The molecule has 9 nitrogen and oxygen atoms in total. The molecular formula is C22H25N5O4S. The van der Waals surface area contributed by atoms with E-state index in [4.69, 9.17) is 0 Å². The standard InChI is InChI=1S/C22H25N5O4S/c1-25-7-2-5-16(25)20(29)23-13-10-17-21(30)24-15-6-8-26(19(15)22(31)27(17)12-13)18(28)11-14-4-3-9-32-14/h2-5,7,9,13,15,17,19H,6,8,10-12H2,1H3,(H,23,29)(H,24,30). The van der Waals surface area contributed by atoms with E-state index in [0.717, 1.165) is 4.88 Å². The maximum atomic E-state index is 13.5. The Kier molecular flexibility index (Phi) is 5.24. The number of thiophene rings is 1. The number of nitrogens with zero attached hydrogens (tertiary/aromatic N) is 3. The van der Waals surface area contributed by atoms with Gasteiger partial charge >= 0.3 is 0 Å². The molecule has 2 aromatic heterocycles. The molecule has 0 bridgehead atoms. The largest absolute Gasteiger partial charge is 0.349 e. The third-order valence-electron chi connectivity index (χ3n) is 6.60. The molecule has 5 heterocycles. The minimum Gasteiger partial charge on any atom is -0.349 e. The molecule has 3 aliphatic rings. The summed E-state index contributed by atoms with van der Waals surface area (Å²) in [5.41, 5.74) is 0.518. The highest BCUT2D eigenvalue weighted by Gasteiger charge is 2.52. The van der Waals surface area contributed by atoms with Crippen LogP contribution in [-0.4, -0.2) is 75.3 Å². The zero-order chi connectivity index (χ0) is 22.4. The molecule has 168 valence electrons. The Morgan fingerprint density at radius 3 is 2.81 bits per heavy atom. The van der Waals surface area contributed by atoms with Crippen LogP contribution in [0.15, 0.2) is 35.8 Å². The van der Waals surface area contributed by atoms with Crippen molar-refractivity contribution in [3.63, 3.8) is 0 Å². The Morgan fingerprint density at radius 2 is 2.09 bits per heavy atom. The van der Waals surface area contributed by atoms with Crippen molar-refractivity contribution in [3.05, 3.63) is 46.4 Å². The van der Waals surface area contributed by atoms with Gasteiger partial charge in [-0.3, -0.25) is 19.2 Å². The number of nitrogens with one attached hydrogen (secondary N) is 2. The fourth-order valence-electron chi connectivity index (χ4n) is 5.03. The predicted molar refractivity (Wildman–Crippen MR) is 117 cm³/mol. The van der Waals surface area contributed by atoms with Crippen LogP contribution in [0.25, 0.3) is 0 Å². The topological polar surface area (TPSA) is 104 Å². The summed E-state index contributed by atoms with van der Waals surface area (Å²) in [6, 6.07) is 5.28. The zero-order valence-electron chi connectivity index (χ0n) is 17.7. The van der Waals surface area contributed by atoms with Gasteiger partial charge in [-0.15, -0.1) is 11.3 Å². The summed E-state index contributed by atoms with van der Waals surface area (Å²) in [7, 11) is 1.79. The van der Waals surface area contributed by atoms with Gasteiger partial charge in [0.25, 0.3) is 5.91 Å². The average molecular weight is 456 g/mol. The lowest BCUT2D eigenvalue weighted by molar-refractivity contribution is -0.144. The van der Waals surface area contributed by atoms with E-state index in [9.17, 15) is 19.2 Å². The lowest BCUT2D eigenvalue weighted by Gasteiger charge is -2.29. The number of amides is 4. The molecule has 10 heteroatoms. The smallest absolute Gasteiger partial charge is 0.268 e. The monoisotopic (exact) mass is 455 g/mol. The number of aromatic nitrogens is 1. The van der Waals surface area contributed by atoms with Gasteiger partial charge in [0.05, 0.1) is 12.5 Å². The van der Waals surface area contributed by atoms with E-state index in [2.05, 4.69) is 10.6 Å². The molecule has 0 radical (unpaired) electrons. The predicted octanol–water partition coefficient (Wildman–Crippen LogP) is 0.128. The van der Waals surface area contributed by atoms with Crippen LogP contribution in [0.1, 0.15) is 28.2 Å². The molecule has 4 amide bonds. The fourth-order valence-corrected chi connectivity index (χ4v) is 5.73. The number of hydrogen-bond acceptors (Lipinski definition) is 5. The van der Waals surface area contributed by atoms with Crippen molar-refractivity contribution in [2.24, 2.45) is 7.05 Å². The van der Waals surface area contributed by atoms with Gasteiger partial charge < -0.3 is 25.0 Å². The first-order chi connectivity index (χ1) is 15.4. The molecule has 4 unspecified atom stereocenters. The van der Waals surface area contributed by atoms with Crippen LogP contribution in [0, 0.1) is 0 Å². The summed E-state index contributed by atoms with van der Waals surface area (Å²) < 4.78 is 1.72. The van der Waals surface area contributed by atoms with Crippen molar-refractivity contribution in [2.75, 3.05) is 13.1 Å². The minimum atomic E-state index is -0.696. The maximum Gasteiger partial charge on any atom is 0.268 e. The summed E-state index contributed by atoms with van der Waals surface area (Å²) >= 11 is 1.51. The molecular weight excluding hydrogens is 430 g/mol. The molecule has 0 aliphatic carbocycles. The molecule has 0 spiro atoms. The minimum absolute atomic E-state index is 0.103. The number of likely N-dealkylation sites (tertiary alicyclic amines) is 1. The van der Waals surface area contributed by atoms with Crippen LogP contribution >= 0.6 is 11.3 Å². The summed E-state index contributed by atoms with van der Waals surface area (Å²) in [6.07, 6.45) is 2.96. The van der Waals surface area contributed by atoms with Crippen molar-refractivity contribution in [2.45, 2.75) is 43.4 Å². The molecule has 0 saturated carbocycles. The summed E-state index contributed by atoms with van der Waals surface area (Å²) in [6.45, 7) is 0.695. The van der Waals surface area contributed by atoms with Gasteiger partial charge in [0, 0.05) is 37.3 Å². The number of aryl methyl sites for hydroxylation is 1. The number of carbonyl (C=O) groups excluding carboxylic acids is 4. The lowest BCUT2D eigenvalue weighted by atomic mass is 10.1. The Morgan fingerprint density at radius 1 is 1.25 bits per heavy atom. The van der Waals surface area contributed by atoms with Crippen molar-refractivity contribution in [3.8, 4) is 0 Å². The highest BCUT2D eigenvalue weighted by molar-refractivity contribution is 7.10. The van der Waals surface area contributed by atoms with Crippen molar-refractivity contribution in [1.82, 2.24) is 25.0 Å². The first-order valence-corrected chi connectivity index (χ1v) is 11.6. The first kappa shape index (κ1) is 20.7. The lowest BCUT2D eigenvalue weighted by Crippen LogP contribution is -2.53. The average Bonchev–Trinajstić information content (AvgIpc) is 3.53. The van der Waals surface area contributed by atoms with Gasteiger partial charge in [0.1, 0.15) is 17.8 Å². The van der Waals surface area contributed by atoms with E-state index >= 15 is 0 Å². The molecule has 5 rings (SSSR count). The molecule has 3 aliphatic heterocycles. The van der Waals surface area contributed by atoms with Crippen molar-refractivity contribution in [1.29, 1.82) is 0 Å². The maximum absolute atomic E-state index is 13.5. The second kappa shape index (κ2) is 8.09. The highest BCUT2D eigenvalue weighted by Crippen LogP contribution is 2.30. The number of fused-ring (bicyclic) bond motifs is 2. The quantitative estimate of drug-likeness (QED) is 0.684.